The largest absolute Gasteiger partial charge is 0.493 e. The molecule has 0 aliphatic heterocycles. The quantitative estimate of drug-likeness (QED) is 0.743. The van der Waals surface area contributed by atoms with E-state index >= 15 is 0 Å². The lowest BCUT2D eigenvalue weighted by Gasteiger charge is -2.23. The Balaban J connectivity index is 2.77. The van der Waals surface area contributed by atoms with Gasteiger partial charge in [0.2, 0.25) is 0 Å². The monoisotopic (exact) mass is 251 g/mol. The maximum Gasteiger partial charge on any atom is 0.161 e. The van der Waals surface area contributed by atoms with E-state index in [4.69, 9.17) is 9.47 Å². The smallest absolute Gasteiger partial charge is 0.161 e. The van der Waals surface area contributed by atoms with Crippen LogP contribution in [0.1, 0.15) is 26.3 Å². The number of nitrogens with zero attached hydrogens (tertiary/aromatic N) is 1. The average Bonchev–Trinajstić information content (AvgIpc) is 2.37. The highest BCUT2D eigenvalue weighted by atomic mass is 16.5. The van der Waals surface area contributed by atoms with Crippen molar-refractivity contribution in [2.75, 3.05) is 27.3 Å². The van der Waals surface area contributed by atoms with Crippen molar-refractivity contribution in [3.05, 3.63) is 23.8 Å². The SMILES string of the molecule is CCN(Cc1ccc(OC)c(OC)c1)CC(C)C. The van der Waals surface area contributed by atoms with E-state index in [-0.39, 0.29) is 0 Å². The Morgan fingerprint density at radius 1 is 1.11 bits per heavy atom. The van der Waals surface area contributed by atoms with Gasteiger partial charge in [-0.15, -0.1) is 0 Å². The molecule has 0 aromatic heterocycles. The molecule has 18 heavy (non-hydrogen) atoms. The highest BCUT2D eigenvalue weighted by Crippen LogP contribution is 2.28. The van der Waals surface area contributed by atoms with Gasteiger partial charge in [-0.2, -0.15) is 0 Å². The normalized spacial score (nSPS) is 11.1. The standard InChI is InChI=1S/C15H25NO2/c1-6-16(10-12(2)3)11-13-7-8-14(17-4)15(9-13)18-5/h7-9,12H,6,10-11H2,1-5H3. The maximum absolute atomic E-state index is 5.33. The Bertz CT molecular complexity index is 364. The number of ether oxygens (including phenoxy) is 2. The van der Waals surface area contributed by atoms with Crippen LogP contribution in [0.2, 0.25) is 0 Å². The lowest BCUT2D eigenvalue weighted by molar-refractivity contribution is 0.248. The molecule has 1 aromatic rings. The first-order chi connectivity index (χ1) is 8.60. The molecule has 0 saturated carbocycles. The minimum atomic E-state index is 0.685. The van der Waals surface area contributed by atoms with Gasteiger partial charge in [-0.05, 0) is 30.2 Å². The van der Waals surface area contributed by atoms with Gasteiger partial charge in [0.25, 0.3) is 0 Å². The highest BCUT2D eigenvalue weighted by Gasteiger charge is 2.09. The van der Waals surface area contributed by atoms with Gasteiger partial charge in [-0.25, -0.2) is 0 Å². The number of hydrogen-bond acceptors (Lipinski definition) is 3. The van der Waals surface area contributed by atoms with Crippen LogP contribution in [-0.4, -0.2) is 32.2 Å². The summed E-state index contributed by atoms with van der Waals surface area (Å²) in [6.07, 6.45) is 0. The molecule has 0 amide bonds. The molecule has 0 unspecified atom stereocenters. The maximum atomic E-state index is 5.33. The summed E-state index contributed by atoms with van der Waals surface area (Å²) < 4.78 is 10.6. The van der Waals surface area contributed by atoms with Gasteiger partial charge in [0.15, 0.2) is 11.5 Å². The second-order valence-electron chi connectivity index (χ2n) is 4.91. The fourth-order valence-electron chi connectivity index (χ4n) is 2.06. The second kappa shape index (κ2) is 7.27. The van der Waals surface area contributed by atoms with E-state index < -0.39 is 0 Å². The molecule has 3 nitrogen and oxygen atoms in total. The van der Waals surface area contributed by atoms with Crippen LogP contribution in [0.3, 0.4) is 0 Å². The van der Waals surface area contributed by atoms with Crippen LogP contribution in [-0.2, 0) is 6.54 Å². The van der Waals surface area contributed by atoms with Gasteiger partial charge in [-0.1, -0.05) is 26.8 Å². The number of methoxy groups -OCH3 is 2. The van der Waals surface area contributed by atoms with Crippen molar-refractivity contribution in [2.24, 2.45) is 5.92 Å². The van der Waals surface area contributed by atoms with Crippen LogP contribution in [0.5, 0.6) is 11.5 Å². The summed E-state index contributed by atoms with van der Waals surface area (Å²) >= 11 is 0. The van der Waals surface area contributed by atoms with Gasteiger partial charge < -0.3 is 9.47 Å². The third kappa shape index (κ3) is 4.22. The minimum absolute atomic E-state index is 0.685. The van der Waals surface area contributed by atoms with Crippen LogP contribution < -0.4 is 9.47 Å². The topological polar surface area (TPSA) is 21.7 Å². The average molecular weight is 251 g/mol. The fourth-order valence-corrected chi connectivity index (χ4v) is 2.06. The molecule has 0 spiro atoms. The molecule has 1 aromatic carbocycles. The fraction of sp³-hybridized carbons (Fsp3) is 0.600. The zero-order chi connectivity index (χ0) is 13.5. The van der Waals surface area contributed by atoms with Crippen LogP contribution in [0, 0.1) is 5.92 Å². The molecular weight excluding hydrogens is 226 g/mol. The molecule has 0 N–H and O–H groups in total. The molecule has 0 atom stereocenters. The third-order valence-electron chi connectivity index (χ3n) is 2.92. The lowest BCUT2D eigenvalue weighted by Crippen LogP contribution is -2.27. The van der Waals surface area contributed by atoms with Crippen LogP contribution in [0.4, 0.5) is 0 Å². The highest BCUT2D eigenvalue weighted by molar-refractivity contribution is 5.42. The van der Waals surface area contributed by atoms with E-state index in [1.54, 1.807) is 14.2 Å². The molecule has 1 rings (SSSR count). The van der Waals surface area contributed by atoms with Gasteiger partial charge >= 0.3 is 0 Å². The zero-order valence-electron chi connectivity index (χ0n) is 12.2. The summed E-state index contributed by atoms with van der Waals surface area (Å²) in [5, 5.41) is 0. The Hall–Kier alpha value is -1.22. The summed E-state index contributed by atoms with van der Waals surface area (Å²) in [4.78, 5) is 2.44. The van der Waals surface area contributed by atoms with E-state index in [1.807, 2.05) is 6.07 Å². The van der Waals surface area contributed by atoms with Crippen LogP contribution in [0.25, 0.3) is 0 Å². The predicted octanol–water partition coefficient (Wildman–Crippen LogP) is 3.18. The Kier molecular flexibility index (Phi) is 5.99. The van der Waals surface area contributed by atoms with E-state index in [2.05, 4.69) is 37.8 Å². The molecule has 0 bridgehead atoms. The second-order valence-corrected chi connectivity index (χ2v) is 4.91. The first kappa shape index (κ1) is 14.8. The molecule has 3 heteroatoms. The third-order valence-corrected chi connectivity index (χ3v) is 2.92. The van der Waals surface area contributed by atoms with Crippen molar-refractivity contribution in [1.29, 1.82) is 0 Å². The first-order valence-electron chi connectivity index (χ1n) is 6.54. The van der Waals surface area contributed by atoms with Crippen molar-refractivity contribution in [3.8, 4) is 11.5 Å². The van der Waals surface area contributed by atoms with E-state index in [0.29, 0.717) is 5.92 Å². The van der Waals surface area contributed by atoms with Gasteiger partial charge in [-0.3, -0.25) is 4.90 Å². The van der Waals surface area contributed by atoms with Crippen LogP contribution >= 0.6 is 0 Å². The van der Waals surface area contributed by atoms with Crippen LogP contribution in [0.15, 0.2) is 18.2 Å². The molecule has 0 saturated heterocycles. The minimum Gasteiger partial charge on any atom is -0.493 e. The lowest BCUT2D eigenvalue weighted by atomic mass is 10.1. The van der Waals surface area contributed by atoms with Crippen molar-refractivity contribution in [1.82, 2.24) is 4.90 Å². The summed E-state index contributed by atoms with van der Waals surface area (Å²) in [7, 11) is 3.34. The molecule has 102 valence electrons. The Morgan fingerprint density at radius 3 is 2.28 bits per heavy atom. The zero-order valence-corrected chi connectivity index (χ0v) is 12.2. The Labute approximate surface area is 111 Å². The van der Waals surface area contributed by atoms with E-state index in [9.17, 15) is 0 Å². The molecule has 0 aliphatic carbocycles. The summed E-state index contributed by atoms with van der Waals surface area (Å²) in [5.74, 6) is 2.27. The number of benzene rings is 1. The molecule has 0 radical (unpaired) electrons. The Morgan fingerprint density at radius 2 is 1.78 bits per heavy atom. The van der Waals surface area contributed by atoms with Gasteiger partial charge in [0.05, 0.1) is 14.2 Å². The van der Waals surface area contributed by atoms with Gasteiger partial charge in [0, 0.05) is 13.1 Å². The summed E-state index contributed by atoms with van der Waals surface area (Å²) in [5.41, 5.74) is 1.26. The number of rotatable bonds is 7. The van der Waals surface area contributed by atoms with E-state index in [1.165, 1.54) is 5.56 Å². The van der Waals surface area contributed by atoms with E-state index in [0.717, 1.165) is 31.1 Å². The van der Waals surface area contributed by atoms with Crippen molar-refractivity contribution < 1.29 is 9.47 Å². The first-order valence-corrected chi connectivity index (χ1v) is 6.54. The number of hydrogen-bond donors (Lipinski definition) is 0. The molecule has 0 heterocycles. The molecular formula is C15H25NO2. The van der Waals surface area contributed by atoms with Gasteiger partial charge in [0.1, 0.15) is 0 Å². The predicted molar refractivity (Wildman–Crippen MR) is 75.3 cm³/mol. The van der Waals surface area contributed by atoms with Crippen molar-refractivity contribution in [3.63, 3.8) is 0 Å². The molecule has 0 fully saturated rings. The summed E-state index contributed by atoms with van der Waals surface area (Å²) in [6.45, 7) is 9.82. The van der Waals surface area contributed by atoms with Crippen molar-refractivity contribution in [2.45, 2.75) is 27.3 Å². The van der Waals surface area contributed by atoms with Crippen molar-refractivity contribution >= 4 is 0 Å². The molecule has 0 aliphatic rings. The summed E-state index contributed by atoms with van der Waals surface area (Å²) in [6, 6.07) is 6.13.